The number of aliphatic hydroxyl groups is 1. The molecule has 0 saturated carbocycles. The highest BCUT2D eigenvalue weighted by Crippen LogP contribution is 2.73. The topological polar surface area (TPSA) is 71.7 Å². The van der Waals surface area contributed by atoms with Crippen LogP contribution in [0.5, 0.6) is 0 Å². The number of benzene rings is 3. The number of aliphatic hydroxyl groups excluding tert-OH is 1. The predicted molar refractivity (Wildman–Crippen MR) is 123 cm³/mol. The lowest BCUT2D eigenvalue weighted by molar-refractivity contribution is 0.0937. The molecule has 1 aliphatic rings. The Kier molecular flexibility index (Phi) is 5.81. The van der Waals surface area contributed by atoms with Crippen molar-refractivity contribution in [2.75, 3.05) is 0 Å². The van der Waals surface area contributed by atoms with E-state index in [0.717, 1.165) is 16.7 Å². The average molecular weight is 445 g/mol. The summed E-state index contributed by atoms with van der Waals surface area (Å²) >= 11 is 0. The van der Waals surface area contributed by atoms with Crippen LogP contribution in [-0.2, 0) is 9.09 Å². The van der Waals surface area contributed by atoms with Gasteiger partial charge in [-0.3, -0.25) is 9.88 Å². The zero-order valence-electron chi connectivity index (χ0n) is 17.3. The van der Waals surface area contributed by atoms with Crippen molar-refractivity contribution in [1.29, 1.82) is 0 Å². The van der Waals surface area contributed by atoms with Crippen molar-refractivity contribution < 1.29 is 18.6 Å². The zero-order chi connectivity index (χ0) is 22.0. The minimum atomic E-state index is -3.75. The summed E-state index contributed by atoms with van der Waals surface area (Å²) in [6.45, 7) is 0. The van der Waals surface area contributed by atoms with Crippen LogP contribution in [0.3, 0.4) is 0 Å². The Morgan fingerprint density at radius 1 is 0.750 bits per heavy atom. The van der Waals surface area contributed by atoms with Gasteiger partial charge in [0.25, 0.3) is 7.37 Å². The molecule has 2 heterocycles. The van der Waals surface area contributed by atoms with Gasteiger partial charge in [0.2, 0.25) is 0 Å². The van der Waals surface area contributed by atoms with Gasteiger partial charge in [-0.2, -0.15) is 0 Å². The van der Waals surface area contributed by atoms with E-state index in [2.05, 4.69) is 5.32 Å². The lowest BCUT2D eigenvalue weighted by Gasteiger charge is -2.44. The second-order valence-corrected chi connectivity index (χ2v) is 10.3. The minimum Gasteiger partial charge on any atom is -0.466 e. The molecule has 5 atom stereocenters. The quantitative estimate of drug-likeness (QED) is 0.350. The Hall–Kier alpha value is -2.95. The highest BCUT2D eigenvalue weighted by molar-refractivity contribution is 7.59. The third-order valence-electron chi connectivity index (χ3n) is 5.82. The van der Waals surface area contributed by atoms with Gasteiger partial charge in [0.05, 0.1) is 12.3 Å². The minimum absolute atomic E-state index is 0.223. The lowest BCUT2D eigenvalue weighted by Crippen LogP contribution is -2.38. The monoisotopic (exact) mass is 445 g/mol. The number of hydrogen-bond acceptors (Lipinski definition) is 5. The van der Waals surface area contributed by atoms with Crippen LogP contribution in [-0.4, -0.2) is 5.11 Å². The molecule has 1 aliphatic heterocycles. The van der Waals surface area contributed by atoms with Crippen LogP contribution in [0.25, 0.3) is 0 Å². The van der Waals surface area contributed by atoms with Crippen LogP contribution in [0.15, 0.2) is 114 Å². The Bertz CT molecular complexity index is 1180. The average Bonchev–Trinajstić information content (AvgIpc) is 3.40. The zero-order valence-corrected chi connectivity index (χ0v) is 18.2. The van der Waals surface area contributed by atoms with Crippen molar-refractivity contribution in [3.05, 3.63) is 132 Å². The molecule has 4 aromatic rings. The molecule has 0 amide bonds. The van der Waals surface area contributed by atoms with Crippen molar-refractivity contribution in [1.82, 2.24) is 5.32 Å². The van der Waals surface area contributed by atoms with Crippen LogP contribution in [0, 0.1) is 0 Å². The van der Waals surface area contributed by atoms with Gasteiger partial charge in [0.1, 0.15) is 17.6 Å². The smallest absolute Gasteiger partial charge is 0.259 e. The van der Waals surface area contributed by atoms with Crippen LogP contribution in [0.2, 0.25) is 0 Å². The van der Waals surface area contributed by atoms with Crippen molar-refractivity contribution in [2.45, 2.75) is 23.8 Å². The van der Waals surface area contributed by atoms with E-state index in [1.807, 2.05) is 91.0 Å². The van der Waals surface area contributed by atoms with Gasteiger partial charge in [-0.15, -0.1) is 0 Å². The maximum atomic E-state index is 14.5. The molecule has 0 radical (unpaired) electrons. The highest BCUT2D eigenvalue weighted by Gasteiger charge is 2.52. The molecule has 2 N–H and O–H groups in total. The maximum Gasteiger partial charge on any atom is 0.259 e. The predicted octanol–water partition coefficient (Wildman–Crippen LogP) is 6.35. The first kappa shape index (κ1) is 20.9. The van der Waals surface area contributed by atoms with Crippen LogP contribution in [0.4, 0.5) is 0 Å². The molecule has 1 saturated heterocycles. The molecule has 0 bridgehead atoms. The maximum absolute atomic E-state index is 14.5. The Morgan fingerprint density at radius 2 is 1.31 bits per heavy atom. The van der Waals surface area contributed by atoms with Gasteiger partial charge in [-0.05, 0) is 28.8 Å². The first-order valence-corrected chi connectivity index (χ1v) is 12.3. The van der Waals surface area contributed by atoms with Crippen LogP contribution in [0.1, 0.15) is 46.2 Å². The number of nitrogens with one attached hydrogen (secondary N) is 1. The van der Waals surface area contributed by atoms with E-state index in [9.17, 15) is 9.67 Å². The largest absolute Gasteiger partial charge is 0.466 e. The van der Waals surface area contributed by atoms with E-state index in [4.69, 9.17) is 8.94 Å². The van der Waals surface area contributed by atoms with E-state index in [1.165, 1.54) is 6.26 Å². The SMILES string of the molecule is O=[P@]1([C@H](O)c2ccco2)O[C@H](c2ccccc2)[C@H](c2ccccc2)N[C@@H]1c1ccccc1. The number of hydrogen-bond donors (Lipinski definition) is 2. The van der Waals surface area contributed by atoms with Gasteiger partial charge in [0.15, 0.2) is 5.85 Å². The van der Waals surface area contributed by atoms with Crippen LogP contribution >= 0.6 is 7.37 Å². The number of rotatable bonds is 5. The summed E-state index contributed by atoms with van der Waals surface area (Å²) in [7, 11) is -3.75. The fraction of sp³-hybridized carbons (Fsp3) is 0.154. The van der Waals surface area contributed by atoms with Gasteiger partial charge in [-0.1, -0.05) is 91.0 Å². The Labute approximate surface area is 187 Å². The molecule has 5 rings (SSSR count). The molecule has 6 heteroatoms. The van der Waals surface area contributed by atoms with Gasteiger partial charge in [-0.25, -0.2) is 0 Å². The van der Waals surface area contributed by atoms with Crippen LogP contribution < -0.4 is 5.32 Å². The van der Waals surface area contributed by atoms with E-state index < -0.39 is 25.1 Å². The van der Waals surface area contributed by atoms with Gasteiger partial charge >= 0.3 is 0 Å². The molecule has 162 valence electrons. The fourth-order valence-corrected chi connectivity index (χ4v) is 6.82. The lowest BCUT2D eigenvalue weighted by atomic mass is 9.95. The summed E-state index contributed by atoms with van der Waals surface area (Å²) in [5.74, 6) is -1.90. The molecule has 32 heavy (non-hydrogen) atoms. The molecule has 0 aliphatic carbocycles. The Balaban J connectivity index is 1.65. The summed E-state index contributed by atoms with van der Waals surface area (Å²) in [6, 6.07) is 32.2. The highest BCUT2D eigenvalue weighted by atomic mass is 31.2. The second kappa shape index (κ2) is 8.89. The summed E-state index contributed by atoms with van der Waals surface area (Å²) in [5.41, 5.74) is 2.68. The first-order valence-electron chi connectivity index (χ1n) is 10.6. The summed E-state index contributed by atoms with van der Waals surface area (Å²) in [4.78, 5) is 0. The standard InChI is InChI=1S/C26H24NO4P/c28-26(22-17-10-18-30-22)32(29)25(21-15-8-3-9-16-21)27-23(19-11-4-1-5-12-19)24(31-32)20-13-6-2-7-14-20/h1-18,23-28H/t23-,24+,25-,26-,32-/m0/s1. The molecule has 1 aromatic heterocycles. The summed E-state index contributed by atoms with van der Waals surface area (Å²) < 4.78 is 26.4. The van der Waals surface area contributed by atoms with Crippen molar-refractivity contribution in [2.24, 2.45) is 0 Å². The first-order chi connectivity index (χ1) is 15.7. The molecule has 3 aromatic carbocycles. The molecule has 0 unspecified atom stereocenters. The van der Waals surface area contributed by atoms with E-state index in [1.54, 1.807) is 12.1 Å². The van der Waals surface area contributed by atoms with Crippen molar-refractivity contribution in [3.63, 3.8) is 0 Å². The Morgan fingerprint density at radius 3 is 1.88 bits per heavy atom. The third-order valence-corrected chi connectivity index (χ3v) is 8.48. The van der Waals surface area contributed by atoms with Gasteiger partial charge < -0.3 is 14.0 Å². The molecular formula is C26H24NO4P. The van der Waals surface area contributed by atoms with E-state index in [-0.39, 0.29) is 11.8 Å². The second-order valence-electron chi connectivity index (χ2n) is 7.84. The number of furan rings is 1. The summed E-state index contributed by atoms with van der Waals surface area (Å²) in [6.07, 6.45) is 0.898. The molecule has 5 nitrogen and oxygen atoms in total. The summed E-state index contributed by atoms with van der Waals surface area (Å²) in [5, 5.41) is 14.8. The van der Waals surface area contributed by atoms with E-state index >= 15 is 0 Å². The van der Waals surface area contributed by atoms with Crippen molar-refractivity contribution >= 4 is 7.37 Å². The normalized spacial score (nSPS) is 26.5. The molecular weight excluding hydrogens is 421 g/mol. The molecule has 0 spiro atoms. The fourth-order valence-electron chi connectivity index (χ4n) is 4.24. The van der Waals surface area contributed by atoms with E-state index in [0.29, 0.717) is 0 Å². The molecule has 1 fully saturated rings. The van der Waals surface area contributed by atoms with Crippen molar-refractivity contribution in [3.8, 4) is 0 Å². The third kappa shape index (κ3) is 3.85. The van der Waals surface area contributed by atoms with Gasteiger partial charge in [0, 0.05) is 0 Å².